The number of aliphatic carboxylic acids is 1. The van der Waals surface area contributed by atoms with E-state index in [1.807, 2.05) is 88.6 Å². The molecule has 6 aromatic carbocycles. The largest absolute Gasteiger partial charge is 0.481 e. The van der Waals surface area contributed by atoms with Gasteiger partial charge in [-0.15, -0.1) is 5.10 Å². The quantitative estimate of drug-likeness (QED) is 0.113. The highest BCUT2D eigenvalue weighted by molar-refractivity contribution is 5.82. The lowest BCUT2D eigenvalue weighted by atomic mass is 9.77. The number of hydrogen-bond donors (Lipinski definition) is 1. The summed E-state index contributed by atoms with van der Waals surface area (Å²) in [5, 5.41) is 26.3. The molecular formula is C52H47N7O4. The summed E-state index contributed by atoms with van der Waals surface area (Å²) < 4.78 is 3.73. The van der Waals surface area contributed by atoms with Crippen LogP contribution in [0.15, 0.2) is 163 Å². The van der Waals surface area contributed by atoms with Crippen molar-refractivity contribution >= 4 is 16.9 Å². The molecule has 11 nitrogen and oxygen atoms in total. The Morgan fingerprint density at radius 1 is 0.794 bits per heavy atom. The third kappa shape index (κ3) is 7.13. The number of fused-ring (bicyclic) bond motifs is 2. The third-order valence-corrected chi connectivity index (χ3v) is 12.8. The summed E-state index contributed by atoms with van der Waals surface area (Å²) in [6.45, 7) is 3.16. The van der Waals surface area contributed by atoms with Gasteiger partial charge in [0.2, 0.25) is 0 Å². The second-order valence-electron chi connectivity index (χ2n) is 16.5. The summed E-state index contributed by atoms with van der Waals surface area (Å²) in [6, 6.07) is 52.9. The van der Waals surface area contributed by atoms with Crippen LogP contribution < -0.4 is 5.56 Å². The maximum Gasteiger partial charge on any atom is 0.311 e. The van der Waals surface area contributed by atoms with E-state index in [2.05, 4.69) is 84.9 Å². The van der Waals surface area contributed by atoms with Crippen LogP contribution in [0.2, 0.25) is 0 Å². The normalized spacial score (nSPS) is 17.6. The summed E-state index contributed by atoms with van der Waals surface area (Å²) in [4.78, 5) is 38.2. The fourth-order valence-corrected chi connectivity index (χ4v) is 9.77. The van der Waals surface area contributed by atoms with Gasteiger partial charge >= 0.3 is 5.97 Å². The molecule has 3 atom stereocenters. The van der Waals surface area contributed by atoms with Crippen LogP contribution in [0.1, 0.15) is 72.4 Å². The average Bonchev–Trinajstić information content (AvgIpc) is 4.09. The van der Waals surface area contributed by atoms with Gasteiger partial charge in [-0.3, -0.25) is 19.0 Å². The van der Waals surface area contributed by atoms with E-state index < -0.39 is 23.5 Å². The Labute approximate surface area is 365 Å². The third-order valence-electron chi connectivity index (χ3n) is 12.8. The number of nitrogens with zero attached hydrogens (tertiary/aromatic N) is 7. The van der Waals surface area contributed by atoms with Crippen molar-refractivity contribution in [3.05, 3.63) is 202 Å². The summed E-state index contributed by atoms with van der Waals surface area (Å²) in [5.41, 5.74) is 7.00. The summed E-state index contributed by atoms with van der Waals surface area (Å²) >= 11 is 0. The van der Waals surface area contributed by atoms with Gasteiger partial charge < -0.3 is 5.11 Å². The molecule has 0 spiro atoms. The van der Waals surface area contributed by atoms with Crippen molar-refractivity contribution in [2.75, 3.05) is 6.54 Å². The van der Waals surface area contributed by atoms with Crippen LogP contribution >= 0.6 is 0 Å². The topological polar surface area (TPSA) is 128 Å². The zero-order valence-electron chi connectivity index (χ0n) is 35.0. The number of tetrazole rings is 1. The molecule has 2 saturated heterocycles. The zero-order chi connectivity index (χ0) is 42.9. The molecule has 4 heterocycles. The van der Waals surface area contributed by atoms with E-state index >= 15 is 0 Å². The highest BCUT2D eigenvalue weighted by Gasteiger charge is 2.50. The van der Waals surface area contributed by atoms with Gasteiger partial charge in [-0.1, -0.05) is 159 Å². The number of carboxylic acids is 1. The number of hydroxylamine groups is 2. The SMILES string of the molecule is CCCCc1nc2ccc(C3ON4CCCC4C3C(=O)O)cc2c(=O)n1Cc1ccc(-c2ccccc2-c2nnnn2C(c2ccccc2)(c2ccccc2)c2ccccc2)cc1. The molecule has 0 aliphatic carbocycles. The molecule has 2 fully saturated rings. The predicted octanol–water partition coefficient (Wildman–Crippen LogP) is 9.10. The van der Waals surface area contributed by atoms with E-state index in [4.69, 9.17) is 20.1 Å². The van der Waals surface area contributed by atoms with Crippen molar-refractivity contribution in [3.63, 3.8) is 0 Å². The molecule has 2 aliphatic heterocycles. The van der Waals surface area contributed by atoms with Crippen LogP contribution in [0.25, 0.3) is 33.4 Å². The first-order chi connectivity index (χ1) is 30.9. The molecule has 314 valence electrons. The van der Waals surface area contributed by atoms with Crippen LogP contribution in [-0.4, -0.2) is 58.5 Å². The van der Waals surface area contributed by atoms with Crippen LogP contribution in [0, 0.1) is 5.92 Å². The predicted molar refractivity (Wildman–Crippen MR) is 242 cm³/mol. The Bertz CT molecular complexity index is 2860. The molecule has 0 bridgehead atoms. The minimum atomic E-state index is -0.907. The van der Waals surface area contributed by atoms with Crippen molar-refractivity contribution < 1.29 is 14.7 Å². The smallest absolute Gasteiger partial charge is 0.311 e. The van der Waals surface area contributed by atoms with Gasteiger partial charge in [0.15, 0.2) is 5.82 Å². The first-order valence-corrected chi connectivity index (χ1v) is 21.8. The number of aryl methyl sites for hydroxylation is 1. The molecule has 8 aromatic rings. The first-order valence-electron chi connectivity index (χ1n) is 21.8. The molecule has 2 aliphatic rings. The highest BCUT2D eigenvalue weighted by Crippen LogP contribution is 2.45. The molecule has 0 radical (unpaired) electrons. The fourth-order valence-electron chi connectivity index (χ4n) is 9.77. The summed E-state index contributed by atoms with van der Waals surface area (Å²) in [6.07, 6.45) is 3.51. The number of aromatic nitrogens is 6. The van der Waals surface area contributed by atoms with Gasteiger partial charge in [0.05, 0.1) is 23.5 Å². The number of unbranched alkanes of at least 4 members (excludes halogenated alkanes) is 1. The Morgan fingerprint density at radius 2 is 1.43 bits per heavy atom. The van der Waals surface area contributed by atoms with Crippen molar-refractivity contribution in [2.24, 2.45) is 5.92 Å². The summed E-state index contributed by atoms with van der Waals surface area (Å²) in [5.74, 6) is -0.259. The number of benzene rings is 6. The molecule has 2 aromatic heterocycles. The first kappa shape index (κ1) is 40.0. The second-order valence-corrected chi connectivity index (χ2v) is 16.5. The molecular weight excluding hydrogens is 787 g/mol. The molecule has 0 saturated carbocycles. The Morgan fingerprint density at radius 3 is 2.06 bits per heavy atom. The van der Waals surface area contributed by atoms with Crippen LogP contribution in [-0.2, 0) is 28.1 Å². The van der Waals surface area contributed by atoms with Crippen LogP contribution in [0.3, 0.4) is 0 Å². The lowest BCUT2D eigenvalue weighted by molar-refractivity contribution is -0.155. The number of rotatable bonds is 13. The molecule has 1 N–H and O–H groups in total. The van der Waals surface area contributed by atoms with Crippen molar-refractivity contribution in [1.29, 1.82) is 0 Å². The maximum atomic E-state index is 14.5. The molecule has 63 heavy (non-hydrogen) atoms. The van der Waals surface area contributed by atoms with Gasteiger partial charge in [0.1, 0.15) is 23.4 Å². The van der Waals surface area contributed by atoms with Gasteiger partial charge in [-0.25, -0.2) is 9.67 Å². The highest BCUT2D eigenvalue weighted by atomic mass is 16.7. The Kier molecular flexibility index (Phi) is 10.8. The molecule has 11 heteroatoms. The van der Waals surface area contributed by atoms with E-state index in [1.54, 1.807) is 10.6 Å². The number of carbonyl (C=O) groups is 1. The maximum absolute atomic E-state index is 14.5. The minimum Gasteiger partial charge on any atom is -0.481 e. The van der Waals surface area contributed by atoms with Gasteiger partial charge in [0.25, 0.3) is 5.56 Å². The van der Waals surface area contributed by atoms with E-state index in [9.17, 15) is 14.7 Å². The zero-order valence-corrected chi connectivity index (χ0v) is 35.0. The lowest BCUT2D eigenvalue weighted by Crippen LogP contribution is -2.39. The monoisotopic (exact) mass is 833 g/mol. The average molecular weight is 834 g/mol. The molecule has 0 amide bonds. The fraction of sp³-hybridized carbons (Fsp3) is 0.231. The number of carboxylic acid groups (broad SMARTS) is 1. The summed E-state index contributed by atoms with van der Waals surface area (Å²) in [7, 11) is 0. The Hall–Kier alpha value is -7.08. The van der Waals surface area contributed by atoms with E-state index in [-0.39, 0.29) is 11.6 Å². The van der Waals surface area contributed by atoms with E-state index in [1.165, 1.54) is 0 Å². The molecule has 10 rings (SSSR count). The standard InChI is InChI=1S/C52H47N7O4/c1-2-3-25-46-53-44-31-30-37(48-47(51(61)62)45-24-15-32-58(45)63-48)33-43(44)50(60)57(46)34-35-26-28-36(29-27-35)41-22-13-14-23-42(41)49-54-55-56-59(49)52(38-16-7-4-8-17-38,39-18-9-5-10-19-39)40-20-11-6-12-21-40/h4-14,16-23,26-31,33,45,47-48H,2-3,15,24-25,32,34H2,1H3,(H,61,62). The van der Waals surface area contributed by atoms with E-state index in [0.717, 1.165) is 70.5 Å². The van der Waals surface area contributed by atoms with Crippen molar-refractivity contribution in [2.45, 2.75) is 63.3 Å². The molecule has 3 unspecified atom stereocenters. The minimum absolute atomic E-state index is 0.154. The van der Waals surface area contributed by atoms with Gasteiger partial charge in [-0.05, 0) is 80.8 Å². The second kappa shape index (κ2) is 17.0. The van der Waals surface area contributed by atoms with Crippen molar-refractivity contribution in [3.8, 4) is 22.5 Å². The number of hydrogen-bond acceptors (Lipinski definition) is 8. The van der Waals surface area contributed by atoms with Gasteiger partial charge in [0, 0.05) is 18.5 Å². The van der Waals surface area contributed by atoms with E-state index in [0.29, 0.717) is 41.8 Å². The van der Waals surface area contributed by atoms with Crippen molar-refractivity contribution in [1.82, 2.24) is 34.8 Å². The van der Waals surface area contributed by atoms with Gasteiger partial charge in [-0.2, -0.15) is 5.06 Å². The lowest BCUT2D eigenvalue weighted by Gasteiger charge is -2.36. The Balaban J connectivity index is 1.02. The van der Waals surface area contributed by atoms with Crippen LogP contribution in [0.5, 0.6) is 0 Å². The van der Waals surface area contributed by atoms with Crippen LogP contribution in [0.4, 0.5) is 0 Å².